The van der Waals surface area contributed by atoms with Crippen LogP contribution >= 0.6 is 0 Å². The van der Waals surface area contributed by atoms with E-state index in [0.717, 1.165) is 29.8 Å². The minimum Gasteiger partial charge on any atom is -0.384 e. The Balaban J connectivity index is 1.85. The molecule has 0 fully saturated rings. The number of pyridine rings is 1. The van der Waals surface area contributed by atoms with Gasteiger partial charge in [0.15, 0.2) is 0 Å². The van der Waals surface area contributed by atoms with Crippen molar-refractivity contribution in [1.29, 1.82) is 0 Å². The van der Waals surface area contributed by atoms with Gasteiger partial charge in [-0.15, -0.1) is 0 Å². The average Bonchev–Trinajstić information content (AvgIpc) is 2.51. The summed E-state index contributed by atoms with van der Waals surface area (Å²) in [4.78, 5) is 16.4. The fourth-order valence-corrected chi connectivity index (χ4v) is 2.25. The van der Waals surface area contributed by atoms with Gasteiger partial charge < -0.3 is 10.6 Å². The van der Waals surface area contributed by atoms with Crippen LogP contribution in [0.1, 0.15) is 31.4 Å². The molecule has 0 saturated heterocycles. The topological polar surface area (TPSA) is 54.0 Å². The first-order chi connectivity index (χ1) is 11.0. The van der Waals surface area contributed by atoms with E-state index in [0.29, 0.717) is 18.2 Å². The molecule has 1 amide bonds. The van der Waals surface area contributed by atoms with Crippen LogP contribution in [0.2, 0.25) is 0 Å². The summed E-state index contributed by atoms with van der Waals surface area (Å²) < 4.78 is 0. The molecule has 0 saturated carbocycles. The summed E-state index contributed by atoms with van der Waals surface area (Å²) in [5.41, 5.74) is 3.14. The van der Waals surface area contributed by atoms with Crippen molar-refractivity contribution >= 4 is 17.4 Å². The van der Waals surface area contributed by atoms with Crippen LogP contribution in [0.4, 0.5) is 11.5 Å². The Morgan fingerprint density at radius 3 is 2.61 bits per heavy atom. The molecule has 0 aliphatic rings. The summed E-state index contributed by atoms with van der Waals surface area (Å²) in [6.45, 7) is 7.34. The van der Waals surface area contributed by atoms with Gasteiger partial charge in [0, 0.05) is 6.54 Å². The first-order valence-electron chi connectivity index (χ1n) is 8.09. The number of aromatic nitrogens is 1. The third-order valence-corrected chi connectivity index (χ3v) is 3.69. The Bertz CT molecular complexity index is 635. The molecule has 1 aromatic heterocycles. The standard InChI is InChI=1S/C19H25N3O/c1-14(2)10-11-20-17-8-9-18(21-13-17)22-19(23)12-16-7-5-4-6-15(16)3/h4-9,13-14,20H,10-12H2,1-3H3,(H,21,22,23). The smallest absolute Gasteiger partial charge is 0.229 e. The van der Waals surface area contributed by atoms with Crippen LogP contribution in [-0.4, -0.2) is 17.4 Å². The highest BCUT2D eigenvalue weighted by molar-refractivity contribution is 5.91. The van der Waals surface area contributed by atoms with Crippen molar-refractivity contribution in [1.82, 2.24) is 4.98 Å². The summed E-state index contributed by atoms with van der Waals surface area (Å²) in [6, 6.07) is 11.7. The Morgan fingerprint density at radius 1 is 1.17 bits per heavy atom. The highest BCUT2D eigenvalue weighted by Gasteiger charge is 2.06. The van der Waals surface area contributed by atoms with Gasteiger partial charge in [-0.25, -0.2) is 4.98 Å². The number of aryl methyl sites for hydroxylation is 1. The molecular weight excluding hydrogens is 286 g/mol. The molecule has 0 radical (unpaired) electrons. The molecule has 2 N–H and O–H groups in total. The van der Waals surface area contributed by atoms with Crippen molar-refractivity contribution < 1.29 is 4.79 Å². The number of nitrogens with one attached hydrogen (secondary N) is 2. The molecule has 2 aromatic rings. The van der Waals surface area contributed by atoms with Gasteiger partial charge in [-0.05, 0) is 42.5 Å². The second kappa shape index (κ2) is 8.32. The molecule has 0 aliphatic carbocycles. The Hall–Kier alpha value is -2.36. The first-order valence-corrected chi connectivity index (χ1v) is 8.09. The molecular formula is C19H25N3O. The van der Waals surface area contributed by atoms with Crippen molar-refractivity contribution in [2.24, 2.45) is 5.92 Å². The summed E-state index contributed by atoms with van der Waals surface area (Å²) in [5.74, 6) is 1.21. The summed E-state index contributed by atoms with van der Waals surface area (Å²) >= 11 is 0. The Labute approximate surface area is 138 Å². The number of anilines is 2. The van der Waals surface area contributed by atoms with E-state index in [4.69, 9.17) is 0 Å². The van der Waals surface area contributed by atoms with Gasteiger partial charge in [-0.3, -0.25) is 4.79 Å². The minimum absolute atomic E-state index is 0.0488. The highest BCUT2D eigenvalue weighted by atomic mass is 16.1. The van der Waals surface area contributed by atoms with Crippen LogP contribution in [0.3, 0.4) is 0 Å². The number of benzene rings is 1. The Morgan fingerprint density at radius 2 is 1.96 bits per heavy atom. The van der Waals surface area contributed by atoms with E-state index in [9.17, 15) is 4.79 Å². The first kappa shape index (κ1) is 17.0. The lowest BCUT2D eigenvalue weighted by Gasteiger charge is -2.09. The molecule has 4 heteroatoms. The van der Waals surface area contributed by atoms with E-state index in [-0.39, 0.29) is 5.91 Å². The number of nitrogens with zero attached hydrogens (tertiary/aromatic N) is 1. The van der Waals surface area contributed by atoms with E-state index >= 15 is 0 Å². The van der Waals surface area contributed by atoms with Crippen LogP contribution in [0.15, 0.2) is 42.6 Å². The predicted molar refractivity (Wildman–Crippen MR) is 95.7 cm³/mol. The molecule has 122 valence electrons. The predicted octanol–water partition coefficient (Wildman–Crippen LogP) is 4.03. The summed E-state index contributed by atoms with van der Waals surface area (Å²) in [7, 11) is 0. The average molecular weight is 311 g/mol. The van der Waals surface area contributed by atoms with Gasteiger partial charge >= 0.3 is 0 Å². The molecule has 0 spiro atoms. The monoisotopic (exact) mass is 311 g/mol. The molecule has 0 bridgehead atoms. The maximum atomic E-state index is 12.1. The summed E-state index contributed by atoms with van der Waals surface area (Å²) in [5, 5.41) is 6.17. The molecule has 0 atom stereocenters. The van der Waals surface area contributed by atoms with E-state index in [2.05, 4.69) is 29.5 Å². The van der Waals surface area contributed by atoms with Gasteiger partial charge in [0.25, 0.3) is 0 Å². The maximum Gasteiger partial charge on any atom is 0.229 e. The van der Waals surface area contributed by atoms with Gasteiger partial charge in [0.05, 0.1) is 18.3 Å². The van der Waals surface area contributed by atoms with E-state index < -0.39 is 0 Å². The number of carbonyl (C=O) groups is 1. The van der Waals surface area contributed by atoms with E-state index in [1.165, 1.54) is 0 Å². The second-order valence-corrected chi connectivity index (χ2v) is 6.19. The normalized spacial score (nSPS) is 10.6. The second-order valence-electron chi connectivity index (χ2n) is 6.19. The minimum atomic E-state index is -0.0488. The highest BCUT2D eigenvalue weighted by Crippen LogP contribution is 2.12. The van der Waals surface area contributed by atoms with Gasteiger partial charge in [-0.1, -0.05) is 38.1 Å². The molecule has 2 rings (SSSR count). The van der Waals surface area contributed by atoms with Crippen LogP contribution in [0.5, 0.6) is 0 Å². The largest absolute Gasteiger partial charge is 0.384 e. The van der Waals surface area contributed by atoms with E-state index in [1.54, 1.807) is 6.20 Å². The fraction of sp³-hybridized carbons (Fsp3) is 0.368. The van der Waals surface area contributed by atoms with Crippen molar-refractivity contribution in [3.05, 3.63) is 53.7 Å². The van der Waals surface area contributed by atoms with E-state index in [1.807, 2.05) is 43.3 Å². The number of hydrogen-bond acceptors (Lipinski definition) is 3. The van der Waals surface area contributed by atoms with Crippen molar-refractivity contribution in [2.45, 2.75) is 33.6 Å². The van der Waals surface area contributed by atoms with Crippen molar-refractivity contribution in [2.75, 3.05) is 17.2 Å². The molecule has 1 aromatic carbocycles. The summed E-state index contributed by atoms with van der Waals surface area (Å²) in [6.07, 6.45) is 3.24. The van der Waals surface area contributed by atoms with Crippen molar-refractivity contribution in [3.8, 4) is 0 Å². The van der Waals surface area contributed by atoms with Gasteiger partial charge in [0.2, 0.25) is 5.91 Å². The quantitative estimate of drug-likeness (QED) is 0.811. The fourth-order valence-electron chi connectivity index (χ4n) is 2.25. The van der Waals surface area contributed by atoms with Crippen LogP contribution in [-0.2, 0) is 11.2 Å². The zero-order valence-corrected chi connectivity index (χ0v) is 14.1. The lowest BCUT2D eigenvalue weighted by Crippen LogP contribution is -2.16. The number of amides is 1. The SMILES string of the molecule is Cc1ccccc1CC(=O)Nc1ccc(NCCC(C)C)cn1. The molecule has 4 nitrogen and oxygen atoms in total. The lowest BCUT2D eigenvalue weighted by atomic mass is 10.1. The van der Waals surface area contributed by atoms with Crippen LogP contribution in [0.25, 0.3) is 0 Å². The molecule has 0 unspecified atom stereocenters. The third kappa shape index (κ3) is 5.74. The molecule has 1 heterocycles. The van der Waals surface area contributed by atoms with Crippen molar-refractivity contribution in [3.63, 3.8) is 0 Å². The third-order valence-electron chi connectivity index (χ3n) is 3.69. The maximum absolute atomic E-state index is 12.1. The number of rotatable bonds is 7. The van der Waals surface area contributed by atoms with Crippen LogP contribution in [0, 0.1) is 12.8 Å². The number of carbonyl (C=O) groups excluding carboxylic acids is 1. The lowest BCUT2D eigenvalue weighted by molar-refractivity contribution is -0.115. The molecule has 23 heavy (non-hydrogen) atoms. The number of hydrogen-bond donors (Lipinski definition) is 2. The van der Waals surface area contributed by atoms with Crippen LogP contribution < -0.4 is 10.6 Å². The zero-order valence-electron chi connectivity index (χ0n) is 14.1. The van der Waals surface area contributed by atoms with Gasteiger partial charge in [-0.2, -0.15) is 0 Å². The Kier molecular flexibility index (Phi) is 6.15. The van der Waals surface area contributed by atoms with Gasteiger partial charge in [0.1, 0.15) is 5.82 Å². The zero-order chi connectivity index (χ0) is 16.7. The molecule has 0 aliphatic heterocycles.